The summed E-state index contributed by atoms with van der Waals surface area (Å²) in [6, 6.07) is 9.22. The fraction of sp³-hybridized carbons (Fsp3) is 0.0909. The van der Waals surface area contributed by atoms with Gasteiger partial charge in [0, 0.05) is 6.21 Å². The van der Waals surface area contributed by atoms with E-state index in [-0.39, 0.29) is 0 Å². The van der Waals surface area contributed by atoms with E-state index in [1.807, 2.05) is 37.3 Å². The van der Waals surface area contributed by atoms with E-state index in [9.17, 15) is 4.79 Å². The molecule has 0 spiro atoms. The molecule has 4 nitrogen and oxygen atoms in total. The number of primary amides is 1. The fourth-order valence-corrected chi connectivity index (χ4v) is 1.05. The maximum atomic E-state index is 10.3. The standard InChI is InChI=1S/C11H13N3O/c1-9(7-8-13-14-11(12)15)10-5-3-2-4-6-10/h2-8H,1H3,(H3,12,14,15)/b9-7+,13-8-. The molecule has 15 heavy (non-hydrogen) atoms. The van der Waals surface area contributed by atoms with Gasteiger partial charge in [-0.05, 0) is 24.1 Å². The molecular formula is C11H13N3O. The highest BCUT2D eigenvalue weighted by atomic mass is 16.2. The summed E-state index contributed by atoms with van der Waals surface area (Å²) in [4.78, 5) is 10.3. The second-order valence-electron chi connectivity index (χ2n) is 2.97. The molecule has 0 saturated carbocycles. The van der Waals surface area contributed by atoms with E-state index in [1.54, 1.807) is 6.08 Å². The van der Waals surface area contributed by atoms with Crippen LogP contribution in [0.2, 0.25) is 0 Å². The van der Waals surface area contributed by atoms with Crippen molar-refractivity contribution in [3.05, 3.63) is 42.0 Å². The number of nitrogens with one attached hydrogen (secondary N) is 1. The third kappa shape index (κ3) is 4.08. The van der Waals surface area contributed by atoms with Crippen LogP contribution in [0.4, 0.5) is 4.79 Å². The van der Waals surface area contributed by atoms with Gasteiger partial charge in [0.25, 0.3) is 0 Å². The second kappa shape index (κ2) is 5.59. The Balaban J connectivity index is 2.61. The molecule has 0 atom stereocenters. The van der Waals surface area contributed by atoms with Gasteiger partial charge in [-0.15, -0.1) is 0 Å². The Morgan fingerprint density at radius 1 is 1.40 bits per heavy atom. The molecule has 0 bridgehead atoms. The number of nitrogens with two attached hydrogens (primary N) is 1. The molecule has 0 aliphatic heterocycles. The van der Waals surface area contributed by atoms with Crippen LogP contribution in [0.1, 0.15) is 12.5 Å². The van der Waals surface area contributed by atoms with Crippen molar-refractivity contribution >= 4 is 17.8 Å². The normalized spacial score (nSPS) is 11.7. The highest BCUT2D eigenvalue weighted by Crippen LogP contribution is 2.11. The van der Waals surface area contributed by atoms with E-state index >= 15 is 0 Å². The number of nitrogens with zero attached hydrogens (tertiary/aromatic N) is 1. The van der Waals surface area contributed by atoms with Crippen molar-refractivity contribution < 1.29 is 4.79 Å². The minimum Gasteiger partial charge on any atom is -0.350 e. The molecular weight excluding hydrogens is 190 g/mol. The predicted octanol–water partition coefficient (Wildman–Crippen LogP) is 1.74. The summed E-state index contributed by atoms with van der Waals surface area (Å²) in [5.74, 6) is 0. The molecule has 3 N–H and O–H groups in total. The van der Waals surface area contributed by atoms with Crippen LogP contribution in [-0.2, 0) is 0 Å². The summed E-state index contributed by atoms with van der Waals surface area (Å²) >= 11 is 0. The van der Waals surface area contributed by atoms with Gasteiger partial charge in [-0.3, -0.25) is 0 Å². The lowest BCUT2D eigenvalue weighted by molar-refractivity contribution is 0.249. The Labute approximate surface area is 88.5 Å². The molecule has 1 aromatic rings. The van der Waals surface area contributed by atoms with Gasteiger partial charge in [0.05, 0.1) is 0 Å². The molecule has 0 saturated heterocycles. The molecule has 0 aliphatic carbocycles. The van der Waals surface area contributed by atoms with Crippen molar-refractivity contribution in [2.75, 3.05) is 0 Å². The molecule has 2 amide bonds. The van der Waals surface area contributed by atoms with Crippen molar-refractivity contribution in [1.82, 2.24) is 5.43 Å². The first-order valence-electron chi connectivity index (χ1n) is 4.51. The number of carbonyl (C=O) groups excluding carboxylic acids is 1. The van der Waals surface area contributed by atoms with Gasteiger partial charge in [0.1, 0.15) is 0 Å². The van der Waals surface area contributed by atoms with Crippen LogP contribution in [0.15, 0.2) is 41.5 Å². The number of hydrogen-bond acceptors (Lipinski definition) is 2. The van der Waals surface area contributed by atoms with Gasteiger partial charge in [-0.2, -0.15) is 5.10 Å². The smallest absolute Gasteiger partial charge is 0.332 e. The second-order valence-corrected chi connectivity index (χ2v) is 2.97. The van der Waals surface area contributed by atoms with Crippen molar-refractivity contribution in [3.63, 3.8) is 0 Å². The summed E-state index contributed by atoms with van der Waals surface area (Å²) in [5.41, 5.74) is 9.13. The Hall–Kier alpha value is -2.10. The van der Waals surface area contributed by atoms with Gasteiger partial charge < -0.3 is 5.73 Å². The third-order valence-electron chi connectivity index (χ3n) is 1.80. The summed E-state index contributed by atoms with van der Waals surface area (Å²) in [6.07, 6.45) is 3.29. The summed E-state index contributed by atoms with van der Waals surface area (Å²) in [5, 5.41) is 3.61. The zero-order valence-corrected chi connectivity index (χ0v) is 8.47. The average molecular weight is 203 g/mol. The Morgan fingerprint density at radius 3 is 2.67 bits per heavy atom. The van der Waals surface area contributed by atoms with Crippen LogP contribution in [0.25, 0.3) is 5.57 Å². The van der Waals surface area contributed by atoms with Crippen molar-refractivity contribution in [2.45, 2.75) is 6.92 Å². The first-order chi connectivity index (χ1) is 7.20. The summed E-state index contributed by atoms with van der Waals surface area (Å²) in [6.45, 7) is 1.96. The maximum Gasteiger partial charge on any atom is 0.332 e. The van der Waals surface area contributed by atoms with Crippen LogP contribution in [-0.4, -0.2) is 12.2 Å². The number of rotatable bonds is 3. The molecule has 1 aromatic carbocycles. The number of benzene rings is 1. The van der Waals surface area contributed by atoms with Gasteiger partial charge in [0.2, 0.25) is 0 Å². The van der Waals surface area contributed by atoms with E-state index < -0.39 is 6.03 Å². The number of urea groups is 1. The Bertz CT molecular complexity index is 382. The zero-order chi connectivity index (χ0) is 11.1. The minimum absolute atomic E-state index is 0.669. The van der Waals surface area contributed by atoms with E-state index in [0.717, 1.165) is 11.1 Å². The third-order valence-corrected chi connectivity index (χ3v) is 1.80. The lowest BCUT2D eigenvalue weighted by Gasteiger charge is -1.98. The number of amides is 2. The van der Waals surface area contributed by atoms with Gasteiger partial charge in [-0.25, -0.2) is 10.2 Å². The van der Waals surface area contributed by atoms with Crippen LogP contribution in [0.3, 0.4) is 0 Å². The van der Waals surface area contributed by atoms with Crippen LogP contribution < -0.4 is 11.2 Å². The predicted molar refractivity (Wildman–Crippen MR) is 61.3 cm³/mol. The van der Waals surface area contributed by atoms with Crippen LogP contribution in [0.5, 0.6) is 0 Å². The zero-order valence-electron chi connectivity index (χ0n) is 8.47. The molecule has 4 heteroatoms. The average Bonchev–Trinajstić information content (AvgIpc) is 2.25. The summed E-state index contributed by atoms with van der Waals surface area (Å²) in [7, 11) is 0. The van der Waals surface area contributed by atoms with Crippen molar-refractivity contribution in [3.8, 4) is 0 Å². The highest BCUT2D eigenvalue weighted by molar-refractivity contribution is 5.84. The number of carbonyl (C=O) groups is 1. The molecule has 0 fully saturated rings. The largest absolute Gasteiger partial charge is 0.350 e. The SMILES string of the molecule is C/C(=C\C=N/NC(N)=O)c1ccccc1. The molecule has 0 heterocycles. The van der Waals surface area contributed by atoms with E-state index in [1.165, 1.54) is 6.21 Å². The first kappa shape index (κ1) is 11.0. The fourth-order valence-electron chi connectivity index (χ4n) is 1.05. The van der Waals surface area contributed by atoms with Gasteiger partial charge >= 0.3 is 6.03 Å². The van der Waals surface area contributed by atoms with E-state index in [0.29, 0.717) is 0 Å². The van der Waals surface area contributed by atoms with Gasteiger partial charge in [-0.1, -0.05) is 30.3 Å². The van der Waals surface area contributed by atoms with Gasteiger partial charge in [0.15, 0.2) is 0 Å². The Morgan fingerprint density at radius 2 is 2.07 bits per heavy atom. The molecule has 0 aromatic heterocycles. The first-order valence-corrected chi connectivity index (χ1v) is 4.51. The molecule has 0 radical (unpaired) electrons. The Kier molecular flexibility index (Phi) is 4.09. The molecule has 0 unspecified atom stereocenters. The van der Waals surface area contributed by atoms with E-state index in [4.69, 9.17) is 5.73 Å². The quantitative estimate of drug-likeness (QED) is 0.570. The minimum atomic E-state index is -0.669. The number of hydrazone groups is 1. The van der Waals surface area contributed by atoms with Crippen molar-refractivity contribution in [2.24, 2.45) is 10.8 Å². The topological polar surface area (TPSA) is 67.5 Å². The molecule has 0 aliphatic rings. The maximum absolute atomic E-state index is 10.3. The van der Waals surface area contributed by atoms with Crippen LogP contribution >= 0.6 is 0 Å². The monoisotopic (exact) mass is 203 g/mol. The number of hydrogen-bond donors (Lipinski definition) is 2. The number of allylic oxidation sites excluding steroid dienone is 2. The molecule has 1 rings (SSSR count). The summed E-state index contributed by atoms with van der Waals surface area (Å²) < 4.78 is 0. The lowest BCUT2D eigenvalue weighted by atomic mass is 10.1. The van der Waals surface area contributed by atoms with Crippen LogP contribution in [0, 0.1) is 0 Å². The highest BCUT2D eigenvalue weighted by Gasteiger charge is 1.91. The van der Waals surface area contributed by atoms with E-state index in [2.05, 4.69) is 10.5 Å². The molecule has 78 valence electrons. The van der Waals surface area contributed by atoms with Crippen molar-refractivity contribution in [1.29, 1.82) is 0 Å². The lowest BCUT2D eigenvalue weighted by Crippen LogP contribution is -2.24.